The van der Waals surface area contributed by atoms with Gasteiger partial charge in [0.15, 0.2) is 11.5 Å². The van der Waals surface area contributed by atoms with Gasteiger partial charge in [-0.05, 0) is 37.0 Å². The first-order valence-corrected chi connectivity index (χ1v) is 8.80. The smallest absolute Gasteiger partial charge is 0.309 e. The van der Waals surface area contributed by atoms with E-state index in [1.165, 1.54) is 6.42 Å². The first kappa shape index (κ1) is 17.5. The highest BCUT2D eigenvalue weighted by Gasteiger charge is 2.21. The minimum atomic E-state index is -0.754. The van der Waals surface area contributed by atoms with Crippen molar-refractivity contribution in [1.29, 1.82) is 0 Å². The Hall–Kier alpha value is -2.28. The molecule has 3 N–H and O–H groups in total. The van der Waals surface area contributed by atoms with Crippen LogP contribution in [0.15, 0.2) is 18.2 Å². The molecule has 2 aliphatic rings. The number of carbonyl (C=O) groups excluding carboxylic acids is 2. The lowest BCUT2D eigenvalue weighted by Gasteiger charge is -2.22. The number of ether oxygens (including phenoxy) is 2. The Bertz CT molecular complexity index is 628. The Balaban J connectivity index is 1.40. The van der Waals surface area contributed by atoms with Crippen molar-refractivity contribution < 1.29 is 24.2 Å². The van der Waals surface area contributed by atoms with Crippen LogP contribution in [-0.4, -0.2) is 36.3 Å². The van der Waals surface area contributed by atoms with Crippen LogP contribution in [0.3, 0.4) is 0 Å². The van der Waals surface area contributed by atoms with E-state index in [1.54, 1.807) is 18.2 Å². The Morgan fingerprint density at radius 2 is 1.88 bits per heavy atom. The summed E-state index contributed by atoms with van der Waals surface area (Å²) in [6.07, 6.45) is 4.79. The van der Waals surface area contributed by atoms with Crippen molar-refractivity contribution in [2.24, 2.45) is 0 Å². The van der Waals surface area contributed by atoms with E-state index < -0.39 is 17.9 Å². The number of hydrogen-bond acceptors (Lipinski definition) is 5. The number of carbonyl (C=O) groups is 2. The highest BCUT2D eigenvalue weighted by molar-refractivity contribution is 6.35. The van der Waals surface area contributed by atoms with E-state index in [1.807, 2.05) is 0 Å². The summed E-state index contributed by atoms with van der Waals surface area (Å²) in [7, 11) is 0. The molecule has 7 nitrogen and oxygen atoms in total. The van der Waals surface area contributed by atoms with Gasteiger partial charge in [0, 0.05) is 12.6 Å². The molecule has 1 fully saturated rings. The quantitative estimate of drug-likeness (QED) is 0.699. The van der Waals surface area contributed by atoms with Gasteiger partial charge in [0.1, 0.15) is 0 Å². The van der Waals surface area contributed by atoms with E-state index in [2.05, 4.69) is 10.6 Å². The molecule has 0 radical (unpaired) electrons. The summed E-state index contributed by atoms with van der Waals surface area (Å²) in [5.74, 6) is 0.0176. The molecule has 7 heteroatoms. The van der Waals surface area contributed by atoms with Gasteiger partial charge in [0.25, 0.3) is 0 Å². The van der Waals surface area contributed by atoms with Crippen LogP contribution in [0.5, 0.6) is 11.5 Å². The predicted octanol–water partition coefficient (Wildman–Crippen LogP) is 1.40. The number of aliphatic hydroxyl groups excluding tert-OH is 1. The lowest BCUT2D eigenvalue weighted by Crippen LogP contribution is -2.45. The van der Waals surface area contributed by atoms with Crippen LogP contribution in [0.2, 0.25) is 0 Å². The standard InChI is InChI=1S/C18H24N2O5/c21-14(12-6-7-15-16(10-12)25-11-24-15)8-9-19-17(22)18(23)20-13-4-2-1-3-5-13/h6-7,10,13-14,21H,1-5,8-9,11H2,(H,19,22)(H,20,23). The molecule has 0 bridgehead atoms. The van der Waals surface area contributed by atoms with Gasteiger partial charge in [-0.2, -0.15) is 0 Å². The van der Waals surface area contributed by atoms with Gasteiger partial charge < -0.3 is 25.2 Å². The maximum Gasteiger partial charge on any atom is 0.309 e. The molecular weight excluding hydrogens is 324 g/mol. The zero-order valence-corrected chi connectivity index (χ0v) is 14.1. The minimum Gasteiger partial charge on any atom is -0.454 e. The molecule has 1 aromatic carbocycles. The molecule has 1 aliphatic carbocycles. The fraction of sp³-hybridized carbons (Fsp3) is 0.556. The van der Waals surface area contributed by atoms with E-state index in [0.717, 1.165) is 25.7 Å². The summed E-state index contributed by atoms with van der Waals surface area (Å²) in [6.45, 7) is 0.396. The maximum absolute atomic E-state index is 11.9. The fourth-order valence-electron chi connectivity index (χ4n) is 3.19. The lowest BCUT2D eigenvalue weighted by molar-refractivity contribution is -0.139. The monoisotopic (exact) mass is 348 g/mol. The van der Waals surface area contributed by atoms with Crippen molar-refractivity contribution in [3.8, 4) is 11.5 Å². The SMILES string of the molecule is O=C(NCCC(O)c1ccc2c(c1)OCO2)C(=O)NC1CCCCC1. The molecular formula is C18H24N2O5. The van der Waals surface area contributed by atoms with Crippen LogP contribution in [0, 0.1) is 0 Å². The van der Waals surface area contributed by atoms with Crippen molar-refractivity contribution in [3.05, 3.63) is 23.8 Å². The summed E-state index contributed by atoms with van der Waals surface area (Å²) in [5, 5.41) is 15.5. The van der Waals surface area contributed by atoms with Gasteiger partial charge in [0.05, 0.1) is 6.10 Å². The van der Waals surface area contributed by atoms with Crippen LogP contribution in [0.1, 0.15) is 50.2 Å². The van der Waals surface area contributed by atoms with Gasteiger partial charge in [0.2, 0.25) is 6.79 Å². The van der Waals surface area contributed by atoms with Crippen molar-refractivity contribution in [3.63, 3.8) is 0 Å². The Morgan fingerprint density at radius 3 is 2.68 bits per heavy atom. The van der Waals surface area contributed by atoms with Crippen LogP contribution >= 0.6 is 0 Å². The summed E-state index contributed by atoms with van der Waals surface area (Å²) in [5.41, 5.74) is 0.685. The average molecular weight is 348 g/mol. The van der Waals surface area contributed by atoms with Crippen molar-refractivity contribution in [2.75, 3.05) is 13.3 Å². The van der Waals surface area contributed by atoms with E-state index >= 15 is 0 Å². The molecule has 0 spiro atoms. The molecule has 0 saturated heterocycles. The van der Waals surface area contributed by atoms with E-state index in [-0.39, 0.29) is 19.4 Å². The fourth-order valence-corrected chi connectivity index (χ4v) is 3.19. The maximum atomic E-state index is 11.9. The third kappa shape index (κ3) is 4.63. The second-order valence-corrected chi connectivity index (χ2v) is 6.48. The number of hydrogen-bond donors (Lipinski definition) is 3. The van der Waals surface area contributed by atoms with E-state index in [4.69, 9.17) is 9.47 Å². The summed E-state index contributed by atoms with van der Waals surface area (Å²) >= 11 is 0. The normalized spacial score (nSPS) is 17.8. The third-order valence-corrected chi connectivity index (χ3v) is 4.63. The Kier molecular flexibility index (Phi) is 5.75. The molecule has 1 aromatic rings. The van der Waals surface area contributed by atoms with Crippen LogP contribution in [0.4, 0.5) is 0 Å². The third-order valence-electron chi connectivity index (χ3n) is 4.63. The summed E-state index contributed by atoms with van der Waals surface area (Å²) in [4.78, 5) is 23.7. The zero-order chi connectivity index (χ0) is 17.6. The lowest BCUT2D eigenvalue weighted by atomic mass is 9.95. The number of benzene rings is 1. The van der Waals surface area contributed by atoms with Crippen molar-refractivity contribution >= 4 is 11.8 Å². The first-order chi connectivity index (χ1) is 12.1. The molecule has 1 unspecified atom stereocenters. The Labute approximate surface area is 146 Å². The van der Waals surface area contributed by atoms with Crippen LogP contribution in [0.25, 0.3) is 0 Å². The zero-order valence-electron chi connectivity index (χ0n) is 14.1. The van der Waals surface area contributed by atoms with Gasteiger partial charge in [-0.3, -0.25) is 9.59 Å². The molecule has 1 heterocycles. The average Bonchev–Trinajstić information content (AvgIpc) is 3.10. The molecule has 136 valence electrons. The number of rotatable bonds is 5. The number of aliphatic hydroxyl groups is 1. The largest absolute Gasteiger partial charge is 0.454 e. The molecule has 25 heavy (non-hydrogen) atoms. The second kappa shape index (κ2) is 8.20. The van der Waals surface area contributed by atoms with Gasteiger partial charge >= 0.3 is 11.8 Å². The van der Waals surface area contributed by atoms with E-state index in [9.17, 15) is 14.7 Å². The van der Waals surface area contributed by atoms with Crippen LogP contribution in [-0.2, 0) is 9.59 Å². The topological polar surface area (TPSA) is 96.9 Å². The van der Waals surface area contributed by atoms with Gasteiger partial charge in [-0.15, -0.1) is 0 Å². The molecule has 1 atom stereocenters. The number of amides is 2. The summed E-state index contributed by atoms with van der Waals surface area (Å²) in [6, 6.07) is 5.34. The number of nitrogens with one attached hydrogen (secondary N) is 2. The first-order valence-electron chi connectivity index (χ1n) is 8.80. The van der Waals surface area contributed by atoms with E-state index in [0.29, 0.717) is 23.5 Å². The molecule has 1 aliphatic heterocycles. The minimum absolute atomic E-state index is 0.103. The van der Waals surface area contributed by atoms with Gasteiger partial charge in [-0.1, -0.05) is 25.3 Å². The molecule has 0 aromatic heterocycles. The number of fused-ring (bicyclic) bond motifs is 1. The van der Waals surface area contributed by atoms with Gasteiger partial charge in [-0.25, -0.2) is 0 Å². The summed E-state index contributed by atoms with van der Waals surface area (Å²) < 4.78 is 10.5. The highest BCUT2D eigenvalue weighted by atomic mass is 16.7. The van der Waals surface area contributed by atoms with Crippen molar-refractivity contribution in [1.82, 2.24) is 10.6 Å². The predicted molar refractivity (Wildman–Crippen MR) is 90.2 cm³/mol. The Morgan fingerprint density at radius 1 is 1.12 bits per heavy atom. The second-order valence-electron chi connectivity index (χ2n) is 6.48. The van der Waals surface area contributed by atoms with Crippen molar-refractivity contribution in [2.45, 2.75) is 50.7 Å². The molecule has 2 amide bonds. The highest BCUT2D eigenvalue weighted by Crippen LogP contribution is 2.34. The van der Waals surface area contributed by atoms with Crippen LogP contribution < -0.4 is 20.1 Å². The molecule has 1 saturated carbocycles. The molecule has 3 rings (SSSR count).